The lowest BCUT2D eigenvalue weighted by molar-refractivity contribution is -0.130. The van der Waals surface area contributed by atoms with E-state index in [1.54, 1.807) is 4.90 Å². The molecule has 1 atom stereocenters. The molecular formula is C12H19N3O3. The first-order valence-corrected chi connectivity index (χ1v) is 6.07. The van der Waals surface area contributed by atoms with Crippen molar-refractivity contribution in [3.05, 3.63) is 11.8 Å². The third kappa shape index (κ3) is 4.02. The first-order valence-electron chi connectivity index (χ1n) is 6.07. The molecule has 1 fully saturated rings. The number of nitriles is 1. The third-order valence-electron chi connectivity index (χ3n) is 2.83. The number of hydrogen-bond donors (Lipinski definition) is 2. The fourth-order valence-electron chi connectivity index (χ4n) is 1.58. The molecule has 0 aromatic carbocycles. The Balaban J connectivity index is 2.61. The van der Waals surface area contributed by atoms with E-state index < -0.39 is 0 Å². The molecule has 1 unspecified atom stereocenters. The van der Waals surface area contributed by atoms with Gasteiger partial charge in [0, 0.05) is 25.3 Å². The summed E-state index contributed by atoms with van der Waals surface area (Å²) in [5.41, 5.74) is 0.0591. The second kappa shape index (κ2) is 7.69. The lowest BCUT2D eigenvalue weighted by atomic mass is 10.2. The maximum atomic E-state index is 12.0. The van der Waals surface area contributed by atoms with Crippen molar-refractivity contribution in [3.63, 3.8) is 0 Å². The molecule has 1 aliphatic heterocycles. The molecule has 100 valence electrons. The number of morpholine rings is 1. The molecule has 0 spiro atoms. The summed E-state index contributed by atoms with van der Waals surface area (Å²) in [6.07, 6.45) is 2.11. The maximum Gasteiger partial charge on any atom is 0.266 e. The van der Waals surface area contributed by atoms with Gasteiger partial charge in [-0.25, -0.2) is 0 Å². The molecule has 1 aliphatic rings. The Morgan fingerprint density at radius 1 is 1.61 bits per heavy atom. The van der Waals surface area contributed by atoms with E-state index in [4.69, 9.17) is 15.1 Å². The van der Waals surface area contributed by atoms with Crippen LogP contribution in [0.15, 0.2) is 11.8 Å². The summed E-state index contributed by atoms with van der Waals surface area (Å²) in [4.78, 5) is 13.6. The van der Waals surface area contributed by atoms with Crippen LogP contribution in [0.25, 0.3) is 0 Å². The van der Waals surface area contributed by atoms with Gasteiger partial charge in [0.2, 0.25) is 0 Å². The molecule has 0 aromatic heterocycles. The first-order chi connectivity index (χ1) is 8.72. The van der Waals surface area contributed by atoms with Crippen LogP contribution in [0.1, 0.15) is 13.3 Å². The minimum absolute atomic E-state index is 0.0303. The van der Waals surface area contributed by atoms with Gasteiger partial charge in [-0.2, -0.15) is 5.26 Å². The van der Waals surface area contributed by atoms with E-state index in [1.165, 1.54) is 6.20 Å². The van der Waals surface area contributed by atoms with Gasteiger partial charge < -0.3 is 20.1 Å². The second-order valence-electron chi connectivity index (χ2n) is 4.03. The van der Waals surface area contributed by atoms with Crippen LogP contribution in [0.2, 0.25) is 0 Å². The highest BCUT2D eigenvalue weighted by Gasteiger charge is 2.20. The van der Waals surface area contributed by atoms with Gasteiger partial charge in [0.25, 0.3) is 5.91 Å². The number of hydrogen-bond acceptors (Lipinski definition) is 5. The van der Waals surface area contributed by atoms with E-state index in [9.17, 15) is 4.79 Å². The number of carbonyl (C=O) groups excluding carboxylic acids is 1. The molecule has 6 nitrogen and oxygen atoms in total. The van der Waals surface area contributed by atoms with Crippen LogP contribution < -0.4 is 5.32 Å². The Morgan fingerprint density at radius 3 is 2.78 bits per heavy atom. The smallest absolute Gasteiger partial charge is 0.266 e. The number of amides is 1. The SMILES string of the molecule is CCC(CO)N/C=C(/C#N)C(=O)N1CCOCC1. The van der Waals surface area contributed by atoms with Crippen molar-refractivity contribution >= 4 is 5.91 Å². The summed E-state index contributed by atoms with van der Waals surface area (Å²) in [5.74, 6) is -0.291. The minimum Gasteiger partial charge on any atom is -0.394 e. The first kappa shape index (κ1) is 14.5. The zero-order valence-corrected chi connectivity index (χ0v) is 10.6. The van der Waals surface area contributed by atoms with Gasteiger partial charge in [0.1, 0.15) is 11.6 Å². The van der Waals surface area contributed by atoms with Crippen LogP contribution in [0.3, 0.4) is 0 Å². The van der Waals surface area contributed by atoms with Crippen molar-refractivity contribution in [2.45, 2.75) is 19.4 Å². The largest absolute Gasteiger partial charge is 0.394 e. The Bertz CT molecular complexity index is 339. The predicted octanol–water partition coefficient (Wildman–Crippen LogP) is -0.387. The van der Waals surface area contributed by atoms with Gasteiger partial charge in [-0.15, -0.1) is 0 Å². The van der Waals surface area contributed by atoms with Crippen molar-refractivity contribution in [2.75, 3.05) is 32.9 Å². The average Bonchev–Trinajstić information content (AvgIpc) is 2.44. The summed E-state index contributed by atoms with van der Waals surface area (Å²) in [6, 6.07) is 1.75. The highest BCUT2D eigenvalue weighted by molar-refractivity contribution is 5.97. The molecule has 0 radical (unpaired) electrons. The minimum atomic E-state index is -0.291. The van der Waals surface area contributed by atoms with E-state index in [2.05, 4.69) is 5.32 Å². The number of aliphatic hydroxyl groups is 1. The number of rotatable bonds is 5. The van der Waals surface area contributed by atoms with Gasteiger partial charge in [0.15, 0.2) is 0 Å². The number of carbonyl (C=O) groups is 1. The third-order valence-corrected chi connectivity index (χ3v) is 2.83. The molecule has 0 bridgehead atoms. The fraction of sp³-hybridized carbons (Fsp3) is 0.667. The topological polar surface area (TPSA) is 85.6 Å². The van der Waals surface area contributed by atoms with Crippen molar-refractivity contribution in [2.24, 2.45) is 0 Å². The molecule has 1 rings (SSSR count). The maximum absolute atomic E-state index is 12.0. The second-order valence-corrected chi connectivity index (χ2v) is 4.03. The molecule has 0 aliphatic carbocycles. The summed E-state index contributed by atoms with van der Waals surface area (Å²) >= 11 is 0. The molecular weight excluding hydrogens is 234 g/mol. The van der Waals surface area contributed by atoms with Gasteiger partial charge in [0.05, 0.1) is 19.8 Å². The van der Waals surface area contributed by atoms with Crippen LogP contribution in [-0.4, -0.2) is 54.9 Å². The van der Waals surface area contributed by atoms with Gasteiger partial charge in [-0.1, -0.05) is 6.92 Å². The summed E-state index contributed by atoms with van der Waals surface area (Å²) in [5, 5.41) is 20.9. The zero-order chi connectivity index (χ0) is 13.4. The number of ether oxygens (including phenoxy) is 1. The Morgan fingerprint density at radius 2 is 2.28 bits per heavy atom. The average molecular weight is 253 g/mol. The molecule has 2 N–H and O–H groups in total. The molecule has 0 saturated carbocycles. The lowest BCUT2D eigenvalue weighted by Crippen LogP contribution is -2.41. The van der Waals surface area contributed by atoms with Crippen LogP contribution in [-0.2, 0) is 9.53 Å². The van der Waals surface area contributed by atoms with E-state index in [0.29, 0.717) is 26.3 Å². The zero-order valence-electron chi connectivity index (χ0n) is 10.6. The van der Waals surface area contributed by atoms with Crippen LogP contribution >= 0.6 is 0 Å². The molecule has 0 aromatic rings. The predicted molar refractivity (Wildman–Crippen MR) is 65.4 cm³/mol. The highest BCUT2D eigenvalue weighted by Crippen LogP contribution is 2.04. The van der Waals surface area contributed by atoms with Crippen molar-refractivity contribution in [3.8, 4) is 6.07 Å². The highest BCUT2D eigenvalue weighted by atomic mass is 16.5. The Hall–Kier alpha value is -1.58. The quantitative estimate of drug-likeness (QED) is 0.515. The van der Waals surface area contributed by atoms with Gasteiger partial charge in [-0.05, 0) is 6.42 Å². The fourth-order valence-corrected chi connectivity index (χ4v) is 1.58. The van der Waals surface area contributed by atoms with E-state index in [-0.39, 0.29) is 24.1 Å². The van der Waals surface area contributed by atoms with Crippen LogP contribution in [0.5, 0.6) is 0 Å². The van der Waals surface area contributed by atoms with E-state index >= 15 is 0 Å². The van der Waals surface area contributed by atoms with E-state index in [0.717, 1.165) is 6.42 Å². The van der Waals surface area contributed by atoms with Crippen LogP contribution in [0.4, 0.5) is 0 Å². The number of nitrogens with zero attached hydrogens (tertiary/aromatic N) is 2. The monoisotopic (exact) mass is 253 g/mol. The Labute approximate surface area is 107 Å². The lowest BCUT2D eigenvalue weighted by Gasteiger charge is -2.26. The Kier molecular flexibility index (Phi) is 6.19. The van der Waals surface area contributed by atoms with Crippen molar-refractivity contribution in [1.29, 1.82) is 5.26 Å². The molecule has 18 heavy (non-hydrogen) atoms. The van der Waals surface area contributed by atoms with Crippen molar-refractivity contribution in [1.82, 2.24) is 10.2 Å². The number of nitrogens with one attached hydrogen (secondary N) is 1. The van der Waals surface area contributed by atoms with E-state index in [1.807, 2.05) is 13.0 Å². The van der Waals surface area contributed by atoms with Crippen LogP contribution in [0, 0.1) is 11.3 Å². The summed E-state index contributed by atoms with van der Waals surface area (Å²) < 4.78 is 5.15. The summed E-state index contributed by atoms with van der Waals surface area (Å²) in [7, 11) is 0. The normalized spacial score (nSPS) is 18.1. The molecule has 1 amide bonds. The standard InChI is InChI=1S/C12H19N3O3/c1-2-11(9-16)14-8-10(7-13)12(17)15-3-5-18-6-4-15/h8,11,14,16H,2-6,9H2,1H3/b10-8-. The van der Waals surface area contributed by atoms with Crippen molar-refractivity contribution < 1.29 is 14.6 Å². The molecule has 6 heteroatoms. The summed E-state index contributed by atoms with van der Waals surface area (Å²) in [6.45, 7) is 3.91. The molecule has 1 heterocycles. The van der Waals surface area contributed by atoms with Gasteiger partial charge in [-0.3, -0.25) is 4.79 Å². The molecule has 1 saturated heterocycles. The number of aliphatic hydroxyl groups excluding tert-OH is 1. The van der Waals surface area contributed by atoms with Gasteiger partial charge >= 0.3 is 0 Å².